The number of halogens is 3. The summed E-state index contributed by atoms with van der Waals surface area (Å²) < 4.78 is 40.8. The fourth-order valence-electron chi connectivity index (χ4n) is 2.54. The maximum Gasteiger partial charge on any atom is 0.573 e. The van der Waals surface area contributed by atoms with Crippen molar-refractivity contribution in [1.82, 2.24) is 15.0 Å². The summed E-state index contributed by atoms with van der Waals surface area (Å²) in [6, 6.07) is 10.5. The molecule has 3 aromatic rings. The first kappa shape index (κ1) is 19.3. The van der Waals surface area contributed by atoms with E-state index in [0.717, 1.165) is 24.0 Å². The van der Waals surface area contributed by atoms with E-state index in [1.54, 1.807) is 12.3 Å². The van der Waals surface area contributed by atoms with Crippen LogP contribution < -0.4 is 4.74 Å². The van der Waals surface area contributed by atoms with Crippen molar-refractivity contribution < 1.29 is 27.8 Å². The molecular formula is C19H14F3N3O3. The summed E-state index contributed by atoms with van der Waals surface area (Å²) in [5.74, 6) is -1.63. The minimum absolute atomic E-state index is 0.257. The molecule has 2 heterocycles. The van der Waals surface area contributed by atoms with Gasteiger partial charge in [-0.3, -0.25) is 9.97 Å². The summed E-state index contributed by atoms with van der Waals surface area (Å²) in [6.07, 6.45) is -1.00. The van der Waals surface area contributed by atoms with Crippen LogP contribution in [0.1, 0.15) is 21.9 Å². The number of aromatic nitrogens is 3. The molecule has 0 fully saturated rings. The molecule has 9 heteroatoms. The van der Waals surface area contributed by atoms with E-state index in [1.807, 2.05) is 12.1 Å². The quantitative estimate of drug-likeness (QED) is 0.688. The summed E-state index contributed by atoms with van der Waals surface area (Å²) in [5, 5.41) is 9.17. The van der Waals surface area contributed by atoms with Crippen molar-refractivity contribution in [2.45, 2.75) is 19.2 Å². The molecule has 0 radical (unpaired) electrons. The molecule has 0 amide bonds. The molecule has 1 N–H and O–H groups in total. The molecule has 0 unspecified atom stereocenters. The minimum Gasteiger partial charge on any atom is -0.476 e. The van der Waals surface area contributed by atoms with Gasteiger partial charge in [0.05, 0.1) is 17.6 Å². The number of aryl methyl sites for hydroxylation is 2. The number of alkyl halides is 3. The zero-order valence-corrected chi connectivity index (χ0v) is 14.3. The van der Waals surface area contributed by atoms with Crippen LogP contribution in [-0.4, -0.2) is 32.4 Å². The molecule has 0 saturated heterocycles. The summed E-state index contributed by atoms with van der Waals surface area (Å²) in [6.45, 7) is 0. The number of carboxylic acids is 1. The van der Waals surface area contributed by atoms with E-state index in [9.17, 15) is 18.0 Å². The van der Waals surface area contributed by atoms with E-state index >= 15 is 0 Å². The van der Waals surface area contributed by atoms with Crippen LogP contribution in [0.3, 0.4) is 0 Å². The average molecular weight is 389 g/mol. The number of rotatable bonds is 6. The summed E-state index contributed by atoms with van der Waals surface area (Å²) in [4.78, 5) is 23.8. The van der Waals surface area contributed by atoms with Crippen molar-refractivity contribution in [2.24, 2.45) is 0 Å². The molecule has 1 aromatic carbocycles. The summed E-state index contributed by atoms with van der Waals surface area (Å²) in [7, 11) is 0. The van der Waals surface area contributed by atoms with E-state index in [0.29, 0.717) is 24.1 Å². The van der Waals surface area contributed by atoms with Gasteiger partial charge in [-0.15, -0.1) is 13.2 Å². The second-order valence-electron chi connectivity index (χ2n) is 5.75. The number of hydrogen-bond acceptors (Lipinski definition) is 5. The Hall–Kier alpha value is -3.49. The second kappa shape index (κ2) is 8.03. The van der Waals surface area contributed by atoms with Gasteiger partial charge in [0.15, 0.2) is 5.69 Å². The maximum atomic E-state index is 12.3. The molecule has 144 valence electrons. The zero-order valence-electron chi connectivity index (χ0n) is 14.3. The number of carboxylic acid groups (broad SMARTS) is 1. The standard InChI is InChI=1S/C19H14F3N3O3/c20-19(21,22)28-14-7-4-12(5-8-14)17-15(24-11-16(25-17)18(26)27)9-6-13-3-1-2-10-23-13/h1-5,7-8,10-11H,6,9H2,(H,26,27). The van der Waals surface area contributed by atoms with Gasteiger partial charge in [0, 0.05) is 17.5 Å². The third kappa shape index (κ3) is 5.03. The Morgan fingerprint density at radius 2 is 1.79 bits per heavy atom. The first-order chi connectivity index (χ1) is 13.3. The van der Waals surface area contributed by atoms with E-state index in [4.69, 9.17) is 5.11 Å². The van der Waals surface area contributed by atoms with Crippen molar-refractivity contribution in [3.05, 3.63) is 71.9 Å². The molecule has 0 bridgehead atoms. The van der Waals surface area contributed by atoms with Crippen molar-refractivity contribution in [1.29, 1.82) is 0 Å². The first-order valence-corrected chi connectivity index (χ1v) is 8.17. The van der Waals surface area contributed by atoms with Crippen LogP contribution >= 0.6 is 0 Å². The van der Waals surface area contributed by atoms with Gasteiger partial charge in [0.1, 0.15) is 5.75 Å². The zero-order chi connectivity index (χ0) is 20.1. The van der Waals surface area contributed by atoms with E-state index in [-0.39, 0.29) is 17.1 Å². The molecule has 2 aromatic heterocycles. The van der Waals surface area contributed by atoms with Crippen molar-refractivity contribution in [3.63, 3.8) is 0 Å². The van der Waals surface area contributed by atoms with Gasteiger partial charge < -0.3 is 9.84 Å². The molecule has 3 rings (SSSR count). The van der Waals surface area contributed by atoms with E-state index in [2.05, 4.69) is 19.7 Å². The van der Waals surface area contributed by atoms with Gasteiger partial charge in [-0.05, 0) is 49.2 Å². The molecular weight excluding hydrogens is 375 g/mol. The SMILES string of the molecule is O=C(O)c1cnc(CCc2ccccn2)c(-c2ccc(OC(F)(F)F)cc2)n1. The molecule has 28 heavy (non-hydrogen) atoms. The maximum absolute atomic E-state index is 12.3. The van der Waals surface area contributed by atoms with Crippen LogP contribution in [0.4, 0.5) is 13.2 Å². The number of nitrogens with zero attached hydrogens (tertiary/aromatic N) is 3. The monoisotopic (exact) mass is 389 g/mol. The van der Waals surface area contributed by atoms with Crippen LogP contribution in [0.25, 0.3) is 11.3 Å². The fourth-order valence-corrected chi connectivity index (χ4v) is 2.54. The topological polar surface area (TPSA) is 85.2 Å². The number of pyridine rings is 1. The Morgan fingerprint density at radius 3 is 2.39 bits per heavy atom. The van der Waals surface area contributed by atoms with Crippen molar-refractivity contribution in [3.8, 4) is 17.0 Å². The summed E-state index contributed by atoms with van der Waals surface area (Å²) in [5.41, 5.74) is 1.80. The number of hydrogen-bond donors (Lipinski definition) is 1. The van der Waals surface area contributed by atoms with Crippen LogP contribution in [0.2, 0.25) is 0 Å². The highest BCUT2D eigenvalue weighted by molar-refractivity contribution is 5.85. The summed E-state index contributed by atoms with van der Waals surface area (Å²) >= 11 is 0. The lowest BCUT2D eigenvalue weighted by atomic mass is 10.0. The Kier molecular flexibility index (Phi) is 5.53. The van der Waals surface area contributed by atoms with Crippen LogP contribution in [0, 0.1) is 0 Å². The van der Waals surface area contributed by atoms with Gasteiger partial charge >= 0.3 is 12.3 Å². The third-order valence-corrected chi connectivity index (χ3v) is 3.77. The van der Waals surface area contributed by atoms with Gasteiger partial charge in [0.2, 0.25) is 0 Å². The smallest absolute Gasteiger partial charge is 0.476 e. The predicted octanol–water partition coefficient (Wildman–Crippen LogP) is 3.92. The molecule has 0 aliphatic heterocycles. The van der Waals surface area contributed by atoms with Crippen molar-refractivity contribution >= 4 is 5.97 Å². The van der Waals surface area contributed by atoms with E-state index < -0.39 is 12.3 Å². The lowest BCUT2D eigenvalue weighted by Crippen LogP contribution is -2.17. The first-order valence-electron chi connectivity index (χ1n) is 8.17. The van der Waals surface area contributed by atoms with Gasteiger partial charge in [-0.2, -0.15) is 0 Å². The second-order valence-corrected chi connectivity index (χ2v) is 5.75. The van der Waals surface area contributed by atoms with Crippen LogP contribution in [0.5, 0.6) is 5.75 Å². The van der Waals surface area contributed by atoms with E-state index in [1.165, 1.54) is 12.1 Å². The molecule has 0 atom stereocenters. The highest BCUT2D eigenvalue weighted by Crippen LogP contribution is 2.27. The molecule has 0 aliphatic rings. The number of benzene rings is 1. The molecule has 0 saturated carbocycles. The van der Waals surface area contributed by atoms with Gasteiger partial charge in [-0.1, -0.05) is 6.07 Å². The van der Waals surface area contributed by atoms with Crippen molar-refractivity contribution in [2.75, 3.05) is 0 Å². The van der Waals surface area contributed by atoms with Crippen LogP contribution in [0.15, 0.2) is 54.9 Å². The third-order valence-electron chi connectivity index (χ3n) is 3.77. The minimum atomic E-state index is -4.79. The number of aromatic carboxylic acids is 1. The lowest BCUT2D eigenvalue weighted by Gasteiger charge is -2.11. The largest absolute Gasteiger partial charge is 0.573 e. The normalized spacial score (nSPS) is 11.2. The van der Waals surface area contributed by atoms with Crippen LogP contribution in [-0.2, 0) is 12.8 Å². The number of carbonyl (C=O) groups is 1. The predicted molar refractivity (Wildman–Crippen MR) is 92.8 cm³/mol. The average Bonchev–Trinajstić information content (AvgIpc) is 2.66. The van der Waals surface area contributed by atoms with Gasteiger partial charge in [0.25, 0.3) is 0 Å². The molecule has 0 aliphatic carbocycles. The number of ether oxygens (including phenoxy) is 1. The van der Waals surface area contributed by atoms with Gasteiger partial charge in [-0.25, -0.2) is 9.78 Å². The Labute approximate surface area is 157 Å². The Bertz CT molecular complexity index is 962. The Morgan fingerprint density at radius 1 is 1.04 bits per heavy atom. The molecule has 6 nitrogen and oxygen atoms in total. The molecule has 0 spiro atoms. The lowest BCUT2D eigenvalue weighted by molar-refractivity contribution is -0.274. The highest BCUT2D eigenvalue weighted by Gasteiger charge is 2.31. The Balaban J connectivity index is 1.90. The fraction of sp³-hybridized carbons (Fsp3) is 0.158. The highest BCUT2D eigenvalue weighted by atomic mass is 19.4.